The normalized spacial score (nSPS) is 23.9. The van der Waals surface area contributed by atoms with Gasteiger partial charge in [-0.3, -0.25) is 9.59 Å². The molecule has 3 N–H and O–H groups in total. The number of halogens is 3. The lowest BCUT2D eigenvalue weighted by atomic mass is 9.63. The molecule has 0 saturated heterocycles. The zero-order chi connectivity index (χ0) is 25.9. The van der Waals surface area contributed by atoms with E-state index >= 15 is 0 Å². The summed E-state index contributed by atoms with van der Waals surface area (Å²) >= 11 is 0. The molecule has 2 aliphatic rings. The number of rotatable bonds is 6. The molecule has 4 unspecified atom stereocenters. The summed E-state index contributed by atoms with van der Waals surface area (Å²) in [6.45, 7) is 0. The van der Waals surface area contributed by atoms with E-state index in [1.165, 1.54) is 18.2 Å². The Labute approximate surface area is 206 Å². The zero-order valence-corrected chi connectivity index (χ0v) is 19.4. The lowest BCUT2D eigenvalue weighted by Gasteiger charge is -2.41. The molecule has 2 saturated carbocycles. The molecule has 192 valence electrons. The number of para-hydroxylation sites is 2. The van der Waals surface area contributed by atoms with Crippen molar-refractivity contribution in [1.29, 1.82) is 0 Å². The van der Waals surface area contributed by atoms with Crippen LogP contribution in [0, 0.1) is 17.8 Å². The van der Waals surface area contributed by atoms with Gasteiger partial charge in [-0.1, -0.05) is 24.3 Å². The third kappa shape index (κ3) is 6.35. The van der Waals surface area contributed by atoms with Crippen LogP contribution in [0.5, 0.6) is 5.75 Å². The van der Waals surface area contributed by atoms with Crippen molar-refractivity contribution in [3.8, 4) is 5.75 Å². The Morgan fingerprint density at radius 3 is 2.39 bits per heavy atom. The molecule has 36 heavy (non-hydrogen) atoms. The molecular formula is C26H27F3N2O5. The van der Waals surface area contributed by atoms with Gasteiger partial charge < -0.3 is 20.5 Å². The summed E-state index contributed by atoms with van der Waals surface area (Å²) < 4.78 is 41.7. The van der Waals surface area contributed by atoms with E-state index in [4.69, 9.17) is 5.11 Å². The maximum Gasteiger partial charge on any atom is 0.573 e. The number of ether oxygens (including phenoxy) is 1. The van der Waals surface area contributed by atoms with Crippen LogP contribution in [0.2, 0.25) is 0 Å². The molecule has 0 radical (unpaired) electrons. The fraction of sp³-hybridized carbons (Fsp3) is 0.423. The molecule has 0 heterocycles. The van der Waals surface area contributed by atoms with Gasteiger partial charge in [-0.25, -0.2) is 4.79 Å². The highest BCUT2D eigenvalue weighted by Crippen LogP contribution is 2.46. The molecule has 10 heteroatoms. The number of fused-ring (bicyclic) bond motifs is 1. The van der Waals surface area contributed by atoms with Crippen LogP contribution in [0.15, 0.2) is 48.5 Å². The topological polar surface area (TPSA) is 105 Å². The lowest BCUT2D eigenvalue weighted by molar-refractivity contribution is -0.274. The fourth-order valence-corrected chi connectivity index (χ4v) is 5.44. The predicted molar refractivity (Wildman–Crippen MR) is 126 cm³/mol. The van der Waals surface area contributed by atoms with Crippen LogP contribution in [0.25, 0.3) is 0 Å². The molecule has 2 aromatic carbocycles. The quantitative estimate of drug-likeness (QED) is 0.436. The van der Waals surface area contributed by atoms with Gasteiger partial charge in [0.05, 0.1) is 12.1 Å². The number of nitrogens with one attached hydrogen (secondary N) is 2. The van der Waals surface area contributed by atoms with Crippen molar-refractivity contribution in [2.45, 2.75) is 50.8 Å². The fourth-order valence-electron chi connectivity index (χ4n) is 5.44. The highest BCUT2D eigenvalue weighted by molar-refractivity contribution is 6.00. The average molecular weight is 505 g/mol. The highest BCUT2D eigenvalue weighted by atomic mass is 19.4. The van der Waals surface area contributed by atoms with Crippen molar-refractivity contribution in [3.63, 3.8) is 0 Å². The number of carbonyl (C=O) groups is 3. The molecule has 7 nitrogen and oxygen atoms in total. The highest BCUT2D eigenvalue weighted by Gasteiger charge is 2.42. The first-order valence-corrected chi connectivity index (χ1v) is 11.9. The van der Waals surface area contributed by atoms with Gasteiger partial charge >= 0.3 is 18.4 Å². The monoisotopic (exact) mass is 504 g/mol. The Balaban J connectivity index is 1.33. The van der Waals surface area contributed by atoms with Gasteiger partial charge in [0.2, 0.25) is 0 Å². The van der Waals surface area contributed by atoms with Crippen LogP contribution >= 0.6 is 0 Å². The van der Waals surface area contributed by atoms with Crippen LogP contribution in [-0.4, -0.2) is 29.3 Å². The van der Waals surface area contributed by atoms with Crippen LogP contribution in [0.4, 0.5) is 29.3 Å². The number of benzene rings is 2. The van der Waals surface area contributed by atoms with Crippen molar-refractivity contribution < 1.29 is 37.4 Å². The van der Waals surface area contributed by atoms with E-state index < -0.39 is 24.1 Å². The van der Waals surface area contributed by atoms with Crippen LogP contribution < -0.4 is 15.4 Å². The molecule has 0 bridgehead atoms. The minimum Gasteiger partial charge on any atom is -0.481 e. The van der Waals surface area contributed by atoms with Gasteiger partial charge in [0, 0.05) is 17.5 Å². The summed E-state index contributed by atoms with van der Waals surface area (Å²) in [4.78, 5) is 36.1. The lowest BCUT2D eigenvalue weighted by Crippen LogP contribution is -2.39. The van der Waals surface area contributed by atoms with E-state index in [-0.39, 0.29) is 41.6 Å². The van der Waals surface area contributed by atoms with Crippen LogP contribution in [-0.2, 0) is 9.59 Å². The second-order valence-electron chi connectivity index (χ2n) is 9.40. The second-order valence-corrected chi connectivity index (χ2v) is 9.40. The number of amides is 2. The first kappa shape index (κ1) is 25.5. The van der Waals surface area contributed by atoms with E-state index in [0.717, 1.165) is 37.3 Å². The van der Waals surface area contributed by atoms with Gasteiger partial charge in [0.1, 0.15) is 5.78 Å². The maximum atomic E-state index is 12.7. The molecule has 2 aliphatic carbocycles. The first-order chi connectivity index (χ1) is 17.1. The summed E-state index contributed by atoms with van der Waals surface area (Å²) in [5, 5.41) is 14.0. The Morgan fingerprint density at radius 2 is 1.69 bits per heavy atom. The maximum absolute atomic E-state index is 12.7. The number of alkyl halides is 3. The smallest absolute Gasteiger partial charge is 0.481 e. The molecule has 0 spiro atoms. The third-order valence-electron chi connectivity index (χ3n) is 7.06. The molecule has 2 fully saturated rings. The number of Topliss-reactive ketones (excluding diaryl/α,β-unsaturated/α-hetero) is 1. The van der Waals surface area contributed by atoms with E-state index in [9.17, 15) is 27.6 Å². The largest absolute Gasteiger partial charge is 0.573 e. The molecule has 0 aromatic heterocycles. The van der Waals surface area contributed by atoms with Crippen molar-refractivity contribution in [2.24, 2.45) is 17.8 Å². The standard InChI is InChI=1S/C26H27F3N2O5/c27-26(28,29)36-22-4-2-1-3-21(22)31-25(35)30-19-10-7-15(8-11-19)16-9-12-20-17(13-16)5-6-18(24(20)34)14-23(32)33/h1-4,7-8,10-11,16-18,20H,5-6,9,12-14H2,(H,32,33)(H2,30,31,35). The third-order valence-corrected chi connectivity index (χ3v) is 7.06. The molecule has 4 rings (SSSR count). The Hall–Kier alpha value is -3.56. The summed E-state index contributed by atoms with van der Waals surface area (Å²) in [7, 11) is 0. The summed E-state index contributed by atoms with van der Waals surface area (Å²) in [5.41, 5.74) is 1.44. The predicted octanol–water partition coefficient (Wildman–Crippen LogP) is 6.18. The summed E-state index contributed by atoms with van der Waals surface area (Å²) in [6.07, 6.45) is -1.07. The number of hydrogen-bond acceptors (Lipinski definition) is 4. The Bertz CT molecular complexity index is 1120. The van der Waals surface area contributed by atoms with Crippen molar-refractivity contribution in [1.82, 2.24) is 0 Å². The van der Waals surface area contributed by atoms with Gasteiger partial charge in [0.25, 0.3) is 0 Å². The number of carboxylic acids is 1. The summed E-state index contributed by atoms with van der Waals surface area (Å²) in [5.74, 6) is -1.26. The number of hydrogen-bond donors (Lipinski definition) is 3. The number of carbonyl (C=O) groups excluding carboxylic acids is 2. The van der Waals surface area contributed by atoms with Gasteiger partial charge in [-0.15, -0.1) is 13.2 Å². The van der Waals surface area contributed by atoms with Gasteiger partial charge in [-0.05, 0) is 73.8 Å². The van der Waals surface area contributed by atoms with Gasteiger partial charge in [-0.2, -0.15) is 0 Å². The summed E-state index contributed by atoms with van der Waals surface area (Å²) in [6, 6.07) is 11.8. The van der Waals surface area contributed by atoms with E-state index in [0.29, 0.717) is 12.1 Å². The molecule has 0 aliphatic heterocycles. The molecule has 2 aromatic rings. The number of anilines is 2. The van der Waals surface area contributed by atoms with Crippen molar-refractivity contribution >= 4 is 29.2 Å². The van der Waals surface area contributed by atoms with Crippen LogP contribution in [0.1, 0.15) is 50.0 Å². The van der Waals surface area contributed by atoms with E-state index in [1.807, 2.05) is 12.1 Å². The average Bonchev–Trinajstić information content (AvgIpc) is 2.81. The minimum atomic E-state index is -4.88. The van der Waals surface area contributed by atoms with Gasteiger partial charge in [0.15, 0.2) is 5.75 Å². The number of carboxylic acid groups (broad SMARTS) is 1. The number of ketones is 1. The first-order valence-electron chi connectivity index (χ1n) is 11.9. The molecule has 2 amide bonds. The SMILES string of the molecule is O=C(O)CC1CCC2CC(c3ccc(NC(=O)Nc4ccccc4OC(F)(F)F)cc3)CCC2C1=O. The van der Waals surface area contributed by atoms with Crippen molar-refractivity contribution in [2.75, 3.05) is 10.6 Å². The molecule has 4 atom stereocenters. The molecular weight excluding hydrogens is 477 g/mol. The van der Waals surface area contributed by atoms with Crippen molar-refractivity contribution in [3.05, 3.63) is 54.1 Å². The Kier molecular flexibility index (Phi) is 7.51. The zero-order valence-electron chi connectivity index (χ0n) is 19.4. The Morgan fingerprint density at radius 1 is 0.972 bits per heavy atom. The second kappa shape index (κ2) is 10.6. The number of aliphatic carboxylic acids is 1. The van der Waals surface area contributed by atoms with E-state index in [1.54, 1.807) is 12.1 Å². The van der Waals surface area contributed by atoms with E-state index in [2.05, 4.69) is 15.4 Å². The number of urea groups is 1. The minimum absolute atomic E-state index is 0.0619. The van der Waals surface area contributed by atoms with Crippen LogP contribution in [0.3, 0.4) is 0 Å².